The minimum absolute atomic E-state index is 0.366. The molecule has 4 heterocycles. The zero-order chi connectivity index (χ0) is 27.1. The van der Waals surface area contributed by atoms with E-state index in [0.717, 1.165) is 48.5 Å². The van der Waals surface area contributed by atoms with Crippen LogP contribution >= 0.6 is 0 Å². The van der Waals surface area contributed by atoms with E-state index in [1.54, 1.807) is 0 Å². The van der Waals surface area contributed by atoms with Crippen LogP contribution in [0, 0.1) is 0 Å². The van der Waals surface area contributed by atoms with Gasteiger partial charge in [-0.15, -0.1) is 0 Å². The van der Waals surface area contributed by atoms with Crippen LogP contribution in [0.25, 0.3) is 0 Å². The number of hydrogen-bond donors (Lipinski definition) is 0. The van der Waals surface area contributed by atoms with Crippen molar-refractivity contribution in [2.24, 2.45) is 0 Å². The third-order valence-corrected chi connectivity index (χ3v) is 3.37. The Hall–Kier alpha value is -3.68. The Morgan fingerprint density at radius 1 is 0.464 bits per heavy atom. The molecule has 8 heteroatoms. The summed E-state index contributed by atoms with van der Waals surface area (Å²) >= 11 is 0. The Labute approximate surface area is 171 Å². The summed E-state index contributed by atoms with van der Waals surface area (Å²) in [6.45, 7) is -13.9. The lowest BCUT2D eigenvalue weighted by Crippen LogP contribution is -2.16. The number of benzene rings is 2. The van der Waals surface area contributed by atoms with Gasteiger partial charge in [-0.05, 0) is 48.5 Å². The third-order valence-electron chi connectivity index (χ3n) is 3.37. The molecule has 0 fully saturated rings. The second kappa shape index (κ2) is 8.81. The second-order valence-corrected chi connectivity index (χ2v) is 5.12. The van der Waals surface area contributed by atoms with E-state index >= 15 is 0 Å². The number of hydrogen-bond acceptors (Lipinski definition) is 8. The van der Waals surface area contributed by atoms with Gasteiger partial charge in [0.1, 0.15) is 26.2 Å². The summed E-state index contributed by atoms with van der Waals surface area (Å²) in [6, 6.07) is 7.56. The molecular weight excluding hydrogens is 368 g/mol. The van der Waals surface area contributed by atoms with E-state index in [9.17, 15) is 19.2 Å². The first-order valence-corrected chi connectivity index (χ1v) is 7.59. The molecule has 4 aliphatic heterocycles. The number of esters is 4. The lowest BCUT2D eigenvalue weighted by molar-refractivity contribution is 0.0260. The summed E-state index contributed by atoms with van der Waals surface area (Å²) in [7, 11) is 0. The summed E-state index contributed by atoms with van der Waals surface area (Å²) < 4.78 is 80.3. The van der Waals surface area contributed by atoms with Gasteiger partial charge in [0.2, 0.25) is 0 Å². The van der Waals surface area contributed by atoms with Gasteiger partial charge in [-0.2, -0.15) is 0 Å². The molecule has 144 valence electrons. The van der Waals surface area contributed by atoms with Crippen LogP contribution in [0.2, 0.25) is 0 Å². The van der Waals surface area contributed by atoms with Crippen LogP contribution in [0.4, 0.5) is 0 Å². The van der Waals surface area contributed by atoms with Gasteiger partial charge < -0.3 is 18.9 Å². The normalized spacial score (nSPS) is 27.4. The average Bonchev–Trinajstić information content (AvgIpc) is 2.77. The van der Waals surface area contributed by atoms with Gasteiger partial charge in [-0.1, -0.05) is 0 Å². The van der Waals surface area contributed by atoms with Gasteiger partial charge in [-0.3, -0.25) is 0 Å². The molecule has 0 amide bonds. The van der Waals surface area contributed by atoms with E-state index in [1.807, 2.05) is 0 Å². The molecule has 28 heavy (non-hydrogen) atoms. The highest BCUT2D eigenvalue weighted by Gasteiger charge is 2.14. The molecule has 0 aliphatic carbocycles. The summed E-state index contributed by atoms with van der Waals surface area (Å²) in [5, 5.41) is 0. The van der Waals surface area contributed by atoms with Crippen molar-refractivity contribution in [3.05, 3.63) is 70.8 Å². The molecule has 0 saturated heterocycles. The van der Waals surface area contributed by atoms with Crippen LogP contribution in [0.5, 0.6) is 0 Å². The number of rotatable bonds is 0. The van der Waals surface area contributed by atoms with Crippen LogP contribution in [0.3, 0.4) is 0 Å². The van der Waals surface area contributed by atoms with Crippen molar-refractivity contribution < 1.29 is 49.1 Å². The quantitative estimate of drug-likeness (QED) is 0.495. The lowest BCUT2D eigenvalue weighted by atomic mass is 10.1. The van der Waals surface area contributed by atoms with Crippen LogP contribution in [-0.4, -0.2) is 50.1 Å². The van der Waals surface area contributed by atoms with Gasteiger partial charge in [-0.25, -0.2) is 19.2 Å². The third kappa shape index (κ3) is 4.73. The zero-order valence-corrected chi connectivity index (χ0v) is 13.9. The fourth-order valence-electron chi connectivity index (χ4n) is 1.99. The van der Waals surface area contributed by atoms with Crippen LogP contribution in [0.15, 0.2) is 48.5 Å². The largest absolute Gasteiger partial charge is 0.458 e. The maximum atomic E-state index is 12.3. The molecule has 8 nitrogen and oxygen atoms in total. The summed E-state index contributed by atoms with van der Waals surface area (Å²) in [6.07, 6.45) is 0. The number of carbonyl (C=O) groups is 4. The standard InChI is InChI=1S/C20H16O8/c21-17-13-1-2-14(4-3-13)18(22)26-11-12-28-20(24)16-7-5-15(6-8-16)19(23)27-10-9-25-17/h1-8H,9-12H2/i9D2,10D2,11D2,12D2. The van der Waals surface area contributed by atoms with E-state index in [4.69, 9.17) is 11.0 Å². The van der Waals surface area contributed by atoms with Crippen molar-refractivity contribution in [1.29, 1.82) is 0 Å². The van der Waals surface area contributed by atoms with Gasteiger partial charge in [0.25, 0.3) is 0 Å². The molecule has 6 rings (SSSR count). The van der Waals surface area contributed by atoms with Crippen molar-refractivity contribution in [3.8, 4) is 0 Å². The van der Waals surface area contributed by atoms with E-state index in [2.05, 4.69) is 18.9 Å². The topological polar surface area (TPSA) is 105 Å². The monoisotopic (exact) mass is 392 g/mol. The summed E-state index contributed by atoms with van der Waals surface area (Å²) in [5.74, 6) is -5.57. The number of carbonyl (C=O) groups excluding carboxylic acids is 4. The van der Waals surface area contributed by atoms with Crippen molar-refractivity contribution in [2.75, 3.05) is 26.2 Å². The average molecular weight is 392 g/mol. The second-order valence-electron chi connectivity index (χ2n) is 5.12. The van der Waals surface area contributed by atoms with E-state index in [0.29, 0.717) is 0 Å². The SMILES string of the molecule is [2H]C1([2H])OC(=O)c2ccc(cc2)C(=O)OC([2H])([2H])C([2H])([2H])OC(=O)c2ccc(cc2)C(=O)OC1([2H])[2H]. The van der Waals surface area contributed by atoms with Crippen molar-refractivity contribution >= 4 is 23.9 Å². The Bertz CT molecular complexity index is 1020. The molecule has 0 radical (unpaired) electrons. The molecule has 0 saturated carbocycles. The molecule has 0 spiro atoms. The molecule has 0 atom stereocenters. The van der Waals surface area contributed by atoms with Crippen molar-refractivity contribution in [3.63, 3.8) is 0 Å². The Balaban J connectivity index is 2.04. The fraction of sp³-hybridized carbons (Fsp3) is 0.200. The highest BCUT2D eigenvalue weighted by molar-refractivity contribution is 5.94. The lowest BCUT2D eigenvalue weighted by Gasteiger charge is -2.09. The van der Waals surface area contributed by atoms with Crippen molar-refractivity contribution in [2.45, 2.75) is 0 Å². The first kappa shape index (κ1) is 11.2. The molecule has 0 unspecified atom stereocenters. The predicted octanol–water partition coefficient (Wildman–Crippen LogP) is 2.03. The molecule has 4 bridgehead atoms. The highest BCUT2D eigenvalue weighted by Crippen LogP contribution is 2.10. The van der Waals surface area contributed by atoms with Crippen LogP contribution < -0.4 is 0 Å². The van der Waals surface area contributed by atoms with Gasteiger partial charge >= 0.3 is 23.9 Å². The molecule has 2 aromatic rings. The smallest absolute Gasteiger partial charge is 0.338 e. The van der Waals surface area contributed by atoms with Gasteiger partial charge in [0.05, 0.1) is 33.2 Å². The fourth-order valence-corrected chi connectivity index (χ4v) is 1.99. The Morgan fingerprint density at radius 3 is 0.821 bits per heavy atom. The highest BCUT2D eigenvalue weighted by atomic mass is 16.6. The predicted molar refractivity (Wildman–Crippen MR) is 94.0 cm³/mol. The maximum absolute atomic E-state index is 12.3. The molecule has 4 aliphatic rings. The first-order valence-electron chi connectivity index (χ1n) is 11.6. The molecular formula is C20H16O8. The maximum Gasteiger partial charge on any atom is 0.338 e. The first-order chi connectivity index (χ1) is 16.5. The number of ether oxygens (including phenoxy) is 4. The molecule has 0 N–H and O–H groups in total. The Morgan fingerprint density at radius 2 is 0.643 bits per heavy atom. The Kier molecular flexibility index (Phi) is 3.53. The van der Waals surface area contributed by atoms with E-state index in [1.165, 1.54) is 0 Å². The van der Waals surface area contributed by atoms with Crippen LogP contribution in [-0.2, 0) is 18.9 Å². The van der Waals surface area contributed by atoms with E-state index in [-0.39, 0.29) is 22.3 Å². The molecule has 0 aromatic heterocycles. The minimum atomic E-state index is -3.47. The zero-order valence-electron chi connectivity index (χ0n) is 21.9. The van der Waals surface area contributed by atoms with Gasteiger partial charge in [0.15, 0.2) is 0 Å². The summed E-state index contributed by atoms with van der Waals surface area (Å²) in [5.41, 5.74) is -1.46. The van der Waals surface area contributed by atoms with Crippen LogP contribution in [0.1, 0.15) is 52.4 Å². The summed E-state index contributed by atoms with van der Waals surface area (Å²) in [4.78, 5) is 49.3. The minimum Gasteiger partial charge on any atom is -0.458 e. The van der Waals surface area contributed by atoms with Gasteiger partial charge in [0, 0.05) is 0 Å². The molecule has 2 aromatic carbocycles. The van der Waals surface area contributed by atoms with Crippen molar-refractivity contribution in [1.82, 2.24) is 0 Å². The van der Waals surface area contributed by atoms with E-state index < -0.39 is 50.1 Å².